The third-order valence-corrected chi connectivity index (χ3v) is 6.56. The van der Waals surface area contributed by atoms with Crippen molar-refractivity contribution in [2.75, 3.05) is 31.1 Å². The fourth-order valence-electron chi connectivity index (χ4n) is 3.84. The van der Waals surface area contributed by atoms with E-state index in [1.54, 1.807) is 11.3 Å². The van der Waals surface area contributed by atoms with Gasteiger partial charge in [0.15, 0.2) is 16.6 Å². The molecule has 3 aromatic rings. The number of carbonyl (C=O) groups excluding carboxylic acids is 1. The van der Waals surface area contributed by atoms with Gasteiger partial charge in [-0.15, -0.1) is 0 Å². The Morgan fingerprint density at radius 3 is 2.55 bits per heavy atom. The Balaban J connectivity index is 1.26. The summed E-state index contributed by atoms with van der Waals surface area (Å²) in [6.45, 7) is 6.83. The SMILES string of the molecule is Cc1ccc2nc(N3CCN(C(=O)C4Oc5ccccc5OC4C)CC3)sc2c1. The molecule has 0 N–H and O–H groups in total. The smallest absolute Gasteiger partial charge is 0.267 e. The summed E-state index contributed by atoms with van der Waals surface area (Å²) in [5.41, 5.74) is 2.28. The third-order valence-electron chi connectivity index (χ3n) is 5.48. The maximum absolute atomic E-state index is 13.1. The van der Waals surface area contributed by atoms with E-state index in [1.807, 2.05) is 36.1 Å². The molecule has 0 radical (unpaired) electrons. The highest BCUT2D eigenvalue weighted by Crippen LogP contribution is 2.34. The van der Waals surface area contributed by atoms with Crippen LogP contribution in [-0.2, 0) is 4.79 Å². The number of carbonyl (C=O) groups is 1. The molecule has 2 atom stereocenters. The number of benzene rings is 2. The summed E-state index contributed by atoms with van der Waals surface area (Å²) in [5.74, 6) is 1.32. The fraction of sp³-hybridized carbons (Fsp3) is 0.364. The zero-order chi connectivity index (χ0) is 20.0. The van der Waals surface area contributed by atoms with E-state index < -0.39 is 6.10 Å². The lowest BCUT2D eigenvalue weighted by Crippen LogP contribution is -2.56. The number of aryl methyl sites for hydroxylation is 1. The lowest BCUT2D eigenvalue weighted by molar-refractivity contribution is -0.144. The molecule has 2 aliphatic rings. The van der Waals surface area contributed by atoms with Gasteiger partial charge in [0.2, 0.25) is 6.10 Å². The van der Waals surface area contributed by atoms with Crippen molar-refractivity contribution in [3.05, 3.63) is 48.0 Å². The van der Waals surface area contributed by atoms with Gasteiger partial charge in [-0.05, 0) is 43.7 Å². The molecule has 1 saturated heterocycles. The first kappa shape index (κ1) is 18.2. The van der Waals surface area contributed by atoms with Gasteiger partial charge >= 0.3 is 0 Å². The zero-order valence-electron chi connectivity index (χ0n) is 16.5. The van der Waals surface area contributed by atoms with Crippen molar-refractivity contribution in [1.29, 1.82) is 0 Å². The van der Waals surface area contributed by atoms with Gasteiger partial charge in [-0.2, -0.15) is 0 Å². The van der Waals surface area contributed by atoms with Gasteiger partial charge in [0, 0.05) is 26.2 Å². The minimum atomic E-state index is -0.609. The number of rotatable bonds is 2. The molecule has 5 rings (SSSR count). The molecule has 2 aromatic carbocycles. The minimum absolute atomic E-state index is 0.00780. The summed E-state index contributed by atoms with van der Waals surface area (Å²) >= 11 is 1.72. The maximum Gasteiger partial charge on any atom is 0.267 e. The Kier molecular flexibility index (Phi) is 4.54. The highest BCUT2D eigenvalue weighted by Gasteiger charge is 2.37. The van der Waals surface area contributed by atoms with Crippen molar-refractivity contribution in [3.63, 3.8) is 0 Å². The number of thiazole rings is 1. The van der Waals surface area contributed by atoms with Crippen molar-refractivity contribution in [2.24, 2.45) is 0 Å². The molecule has 2 unspecified atom stereocenters. The predicted octanol–water partition coefficient (Wildman–Crippen LogP) is 3.48. The fourth-order valence-corrected chi connectivity index (χ4v) is 4.96. The average molecular weight is 410 g/mol. The molecule has 3 heterocycles. The summed E-state index contributed by atoms with van der Waals surface area (Å²) < 4.78 is 13.1. The van der Waals surface area contributed by atoms with Gasteiger partial charge in [0.1, 0.15) is 6.10 Å². The van der Waals surface area contributed by atoms with Crippen LogP contribution in [-0.4, -0.2) is 54.2 Å². The van der Waals surface area contributed by atoms with E-state index in [1.165, 1.54) is 10.3 Å². The maximum atomic E-state index is 13.1. The number of amides is 1. The minimum Gasteiger partial charge on any atom is -0.482 e. The normalized spacial score (nSPS) is 21.4. The van der Waals surface area contributed by atoms with Crippen molar-refractivity contribution in [3.8, 4) is 11.5 Å². The molecule has 150 valence electrons. The first-order chi connectivity index (χ1) is 14.1. The summed E-state index contributed by atoms with van der Waals surface area (Å²) in [4.78, 5) is 22.0. The number of anilines is 1. The van der Waals surface area contributed by atoms with Crippen LogP contribution in [0, 0.1) is 6.92 Å². The van der Waals surface area contributed by atoms with Gasteiger partial charge < -0.3 is 19.3 Å². The molecule has 0 spiro atoms. The Bertz CT molecular complexity index is 1060. The van der Waals surface area contributed by atoms with Crippen molar-refractivity contribution in [1.82, 2.24) is 9.88 Å². The predicted molar refractivity (Wildman–Crippen MR) is 114 cm³/mol. The molecule has 1 fully saturated rings. The van der Waals surface area contributed by atoms with E-state index in [4.69, 9.17) is 14.5 Å². The van der Waals surface area contributed by atoms with Gasteiger partial charge in [0.05, 0.1) is 10.2 Å². The van der Waals surface area contributed by atoms with Crippen LogP contribution in [0.15, 0.2) is 42.5 Å². The van der Waals surface area contributed by atoms with E-state index in [0.29, 0.717) is 24.6 Å². The quantitative estimate of drug-likeness (QED) is 0.649. The lowest BCUT2D eigenvalue weighted by atomic mass is 10.1. The standard InChI is InChI=1S/C22H23N3O3S/c1-14-7-8-16-19(13-14)29-22(23-16)25-11-9-24(10-12-25)21(26)20-15(2)27-17-5-3-4-6-18(17)28-20/h3-8,13,15,20H,9-12H2,1-2H3. The Labute approximate surface area is 173 Å². The van der Waals surface area contributed by atoms with Crippen LogP contribution >= 0.6 is 11.3 Å². The van der Waals surface area contributed by atoms with Crippen molar-refractivity contribution < 1.29 is 14.3 Å². The van der Waals surface area contributed by atoms with Crippen LogP contribution in [0.5, 0.6) is 11.5 Å². The molecule has 1 aromatic heterocycles. The number of fused-ring (bicyclic) bond motifs is 2. The number of piperazine rings is 1. The summed E-state index contributed by atoms with van der Waals surface area (Å²) in [6.07, 6.45) is -0.926. The van der Waals surface area contributed by atoms with Crippen LogP contribution in [0.25, 0.3) is 10.2 Å². The monoisotopic (exact) mass is 409 g/mol. The Morgan fingerprint density at radius 1 is 1.07 bits per heavy atom. The van der Waals surface area contributed by atoms with Crippen LogP contribution in [0.4, 0.5) is 5.13 Å². The van der Waals surface area contributed by atoms with E-state index in [-0.39, 0.29) is 12.0 Å². The average Bonchev–Trinajstić information content (AvgIpc) is 3.16. The van der Waals surface area contributed by atoms with E-state index in [9.17, 15) is 4.79 Å². The van der Waals surface area contributed by atoms with E-state index >= 15 is 0 Å². The van der Waals surface area contributed by atoms with Gasteiger partial charge in [-0.25, -0.2) is 4.98 Å². The van der Waals surface area contributed by atoms with Crippen LogP contribution in [0.1, 0.15) is 12.5 Å². The first-order valence-corrected chi connectivity index (χ1v) is 10.7. The van der Waals surface area contributed by atoms with Crippen molar-refractivity contribution >= 4 is 32.6 Å². The number of para-hydroxylation sites is 2. The Morgan fingerprint density at radius 2 is 1.79 bits per heavy atom. The van der Waals surface area contributed by atoms with Gasteiger partial charge in [-0.3, -0.25) is 4.79 Å². The highest BCUT2D eigenvalue weighted by atomic mass is 32.1. The lowest BCUT2D eigenvalue weighted by Gasteiger charge is -2.38. The van der Waals surface area contributed by atoms with Crippen LogP contribution in [0.2, 0.25) is 0 Å². The second-order valence-corrected chi connectivity index (χ2v) is 8.60. The Hall–Kier alpha value is -2.80. The summed E-state index contributed by atoms with van der Waals surface area (Å²) in [7, 11) is 0. The number of hydrogen-bond acceptors (Lipinski definition) is 6. The molecular formula is C22H23N3O3S. The van der Waals surface area contributed by atoms with Crippen LogP contribution < -0.4 is 14.4 Å². The molecule has 2 aliphatic heterocycles. The first-order valence-electron chi connectivity index (χ1n) is 9.92. The van der Waals surface area contributed by atoms with Gasteiger partial charge in [-0.1, -0.05) is 29.5 Å². The van der Waals surface area contributed by atoms with E-state index in [0.717, 1.165) is 23.7 Å². The van der Waals surface area contributed by atoms with Crippen LogP contribution in [0.3, 0.4) is 0 Å². The zero-order valence-corrected chi connectivity index (χ0v) is 17.3. The molecule has 0 aliphatic carbocycles. The number of hydrogen-bond donors (Lipinski definition) is 0. The highest BCUT2D eigenvalue weighted by molar-refractivity contribution is 7.22. The summed E-state index contributed by atoms with van der Waals surface area (Å²) in [5, 5.41) is 1.03. The molecule has 0 bridgehead atoms. The largest absolute Gasteiger partial charge is 0.482 e. The third kappa shape index (κ3) is 3.40. The van der Waals surface area contributed by atoms with Crippen molar-refractivity contribution in [2.45, 2.75) is 26.1 Å². The number of aromatic nitrogens is 1. The molecule has 1 amide bonds. The summed E-state index contributed by atoms with van der Waals surface area (Å²) in [6, 6.07) is 13.8. The number of ether oxygens (including phenoxy) is 2. The second-order valence-electron chi connectivity index (χ2n) is 7.59. The molecule has 7 heteroatoms. The molecule has 0 saturated carbocycles. The van der Waals surface area contributed by atoms with E-state index in [2.05, 4.69) is 30.0 Å². The molecule has 29 heavy (non-hydrogen) atoms. The van der Waals surface area contributed by atoms with Gasteiger partial charge in [0.25, 0.3) is 5.91 Å². The second kappa shape index (κ2) is 7.22. The molecule has 6 nitrogen and oxygen atoms in total. The molecular weight excluding hydrogens is 386 g/mol. The topological polar surface area (TPSA) is 54.9 Å². The number of nitrogens with zero attached hydrogens (tertiary/aromatic N) is 3.